The standard InChI is InChI=1S/C16H16N4OS/c1-10-5-3-6-12(11(10)2)18-14(21)9-22-16-19-13-7-4-8-17-15(13)20-16/h3-8H,9H2,1-2H3,(H,18,21)(H,17,19,20). The number of anilines is 1. The quantitative estimate of drug-likeness (QED) is 0.725. The molecule has 2 heterocycles. The topological polar surface area (TPSA) is 70.7 Å². The molecule has 6 heteroatoms. The van der Waals surface area contributed by atoms with Crippen LogP contribution in [0.5, 0.6) is 0 Å². The number of rotatable bonds is 4. The predicted octanol–water partition coefficient (Wildman–Crippen LogP) is 3.31. The number of carbonyl (C=O) groups excluding carboxylic acids is 1. The van der Waals surface area contributed by atoms with Crippen molar-refractivity contribution in [2.75, 3.05) is 11.1 Å². The van der Waals surface area contributed by atoms with E-state index in [4.69, 9.17) is 0 Å². The zero-order chi connectivity index (χ0) is 15.5. The van der Waals surface area contributed by atoms with E-state index in [1.807, 2.05) is 44.2 Å². The van der Waals surface area contributed by atoms with Crippen molar-refractivity contribution in [2.24, 2.45) is 0 Å². The summed E-state index contributed by atoms with van der Waals surface area (Å²) in [4.78, 5) is 23.7. The van der Waals surface area contributed by atoms with E-state index in [1.54, 1.807) is 6.20 Å². The van der Waals surface area contributed by atoms with Gasteiger partial charge in [0, 0.05) is 11.9 Å². The molecule has 0 saturated heterocycles. The van der Waals surface area contributed by atoms with Crippen molar-refractivity contribution >= 4 is 34.5 Å². The summed E-state index contributed by atoms with van der Waals surface area (Å²) in [6.45, 7) is 4.03. The number of pyridine rings is 1. The van der Waals surface area contributed by atoms with Crippen molar-refractivity contribution < 1.29 is 4.79 Å². The Morgan fingerprint density at radius 1 is 1.27 bits per heavy atom. The molecular weight excluding hydrogens is 296 g/mol. The highest BCUT2D eigenvalue weighted by atomic mass is 32.2. The van der Waals surface area contributed by atoms with E-state index >= 15 is 0 Å². The molecule has 0 aliphatic heterocycles. The monoisotopic (exact) mass is 312 g/mol. The van der Waals surface area contributed by atoms with Crippen molar-refractivity contribution in [3.05, 3.63) is 47.7 Å². The summed E-state index contributed by atoms with van der Waals surface area (Å²) in [5.41, 5.74) is 4.65. The lowest BCUT2D eigenvalue weighted by atomic mass is 10.1. The number of nitrogens with zero attached hydrogens (tertiary/aromatic N) is 2. The number of aromatic nitrogens is 3. The molecule has 3 rings (SSSR count). The normalized spacial score (nSPS) is 10.8. The van der Waals surface area contributed by atoms with Crippen LogP contribution in [0.1, 0.15) is 11.1 Å². The Morgan fingerprint density at radius 3 is 2.95 bits per heavy atom. The highest BCUT2D eigenvalue weighted by molar-refractivity contribution is 7.99. The van der Waals surface area contributed by atoms with Crippen LogP contribution < -0.4 is 5.32 Å². The first-order valence-electron chi connectivity index (χ1n) is 6.93. The predicted molar refractivity (Wildman–Crippen MR) is 89.2 cm³/mol. The van der Waals surface area contributed by atoms with Crippen molar-refractivity contribution in [1.29, 1.82) is 0 Å². The highest BCUT2D eigenvalue weighted by Gasteiger charge is 2.09. The fourth-order valence-corrected chi connectivity index (χ4v) is 2.77. The van der Waals surface area contributed by atoms with Crippen LogP contribution in [0, 0.1) is 13.8 Å². The first kappa shape index (κ1) is 14.6. The van der Waals surface area contributed by atoms with Gasteiger partial charge >= 0.3 is 0 Å². The van der Waals surface area contributed by atoms with Crippen LogP contribution in [-0.4, -0.2) is 26.6 Å². The van der Waals surface area contributed by atoms with Gasteiger partial charge in [-0.05, 0) is 43.2 Å². The lowest BCUT2D eigenvalue weighted by molar-refractivity contribution is -0.113. The minimum atomic E-state index is -0.0490. The van der Waals surface area contributed by atoms with Crippen LogP contribution in [0.25, 0.3) is 11.2 Å². The van der Waals surface area contributed by atoms with E-state index in [0.717, 1.165) is 22.3 Å². The summed E-state index contributed by atoms with van der Waals surface area (Å²) in [5, 5.41) is 3.64. The van der Waals surface area contributed by atoms with Gasteiger partial charge < -0.3 is 10.3 Å². The van der Waals surface area contributed by atoms with Gasteiger partial charge in [-0.25, -0.2) is 9.97 Å². The molecule has 0 unspecified atom stereocenters. The minimum Gasteiger partial charge on any atom is -0.332 e. The summed E-state index contributed by atoms with van der Waals surface area (Å²) in [6, 6.07) is 9.64. The van der Waals surface area contributed by atoms with Gasteiger partial charge in [0.15, 0.2) is 10.8 Å². The van der Waals surface area contributed by atoms with Crippen LogP contribution in [0.3, 0.4) is 0 Å². The van der Waals surface area contributed by atoms with Gasteiger partial charge in [-0.1, -0.05) is 23.9 Å². The number of aryl methyl sites for hydroxylation is 1. The summed E-state index contributed by atoms with van der Waals surface area (Å²) in [7, 11) is 0. The van der Waals surface area contributed by atoms with Crippen molar-refractivity contribution in [2.45, 2.75) is 19.0 Å². The smallest absolute Gasteiger partial charge is 0.234 e. The van der Waals surface area contributed by atoms with Crippen LogP contribution >= 0.6 is 11.8 Å². The second-order valence-electron chi connectivity index (χ2n) is 5.00. The fraction of sp³-hybridized carbons (Fsp3) is 0.188. The first-order chi connectivity index (χ1) is 10.6. The SMILES string of the molecule is Cc1cccc(NC(=O)CSc2nc3ncccc3[nH]2)c1C. The molecule has 22 heavy (non-hydrogen) atoms. The van der Waals surface area contributed by atoms with Gasteiger partial charge in [0.25, 0.3) is 0 Å². The van der Waals surface area contributed by atoms with Crippen LogP contribution in [0.4, 0.5) is 5.69 Å². The second kappa shape index (κ2) is 6.19. The zero-order valence-corrected chi connectivity index (χ0v) is 13.2. The molecule has 0 atom stereocenters. The maximum Gasteiger partial charge on any atom is 0.234 e. The number of benzene rings is 1. The average Bonchev–Trinajstić information content (AvgIpc) is 2.93. The number of nitrogens with one attached hydrogen (secondary N) is 2. The molecule has 5 nitrogen and oxygen atoms in total. The molecule has 0 radical (unpaired) electrons. The molecule has 0 bridgehead atoms. The average molecular weight is 312 g/mol. The number of imidazole rings is 1. The first-order valence-corrected chi connectivity index (χ1v) is 7.91. The minimum absolute atomic E-state index is 0.0490. The maximum absolute atomic E-state index is 12.1. The second-order valence-corrected chi connectivity index (χ2v) is 5.96. The molecular formula is C16H16N4OS. The van der Waals surface area contributed by atoms with E-state index in [0.29, 0.717) is 16.6 Å². The number of hydrogen-bond donors (Lipinski definition) is 2. The lowest BCUT2D eigenvalue weighted by Gasteiger charge is -2.09. The largest absolute Gasteiger partial charge is 0.332 e. The Morgan fingerprint density at radius 2 is 2.14 bits per heavy atom. The van der Waals surface area contributed by atoms with Crippen LogP contribution in [0.15, 0.2) is 41.7 Å². The Labute approximate surface area is 132 Å². The number of carbonyl (C=O) groups is 1. The number of H-pyrrole nitrogens is 1. The van der Waals surface area contributed by atoms with Gasteiger partial charge in [0.1, 0.15) is 0 Å². The van der Waals surface area contributed by atoms with E-state index in [1.165, 1.54) is 11.8 Å². The Hall–Kier alpha value is -2.34. The Balaban J connectivity index is 1.63. The Bertz CT molecular complexity index is 795. The van der Waals surface area contributed by atoms with Crippen LogP contribution in [0.2, 0.25) is 0 Å². The van der Waals surface area contributed by atoms with Gasteiger partial charge in [-0.3, -0.25) is 4.79 Å². The van der Waals surface area contributed by atoms with E-state index in [-0.39, 0.29) is 5.91 Å². The van der Waals surface area contributed by atoms with Gasteiger partial charge in [-0.2, -0.15) is 0 Å². The van der Waals surface area contributed by atoms with Gasteiger partial charge in [-0.15, -0.1) is 0 Å². The molecule has 112 valence electrons. The molecule has 2 N–H and O–H groups in total. The Kier molecular flexibility index (Phi) is 4.11. The summed E-state index contributed by atoms with van der Waals surface area (Å²) in [6.07, 6.45) is 1.70. The molecule has 1 aromatic carbocycles. The number of amides is 1. The van der Waals surface area contributed by atoms with Gasteiger partial charge in [0.2, 0.25) is 5.91 Å². The maximum atomic E-state index is 12.1. The van der Waals surface area contributed by atoms with Crippen molar-refractivity contribution in [3.8, 4) is 0 Å². The van der Waals surface area contributed by atoms with E-state index in [2.05, 4.69) is 20.3 Å². The van der Waals surface area contributed by atoms with E-state index in [9.17, 15) is 4.79 Å². The number of fused-ring (bicyclic) bond motifs is 1. The molecule has 2 aromatic heterocycles. The molecule has 0 aliphatic rings. The third kappa shape index (κ3) is 3.12. The summed E-state index contributed by atoms with van der Waals surface area (Å²) in [5.74, 6) is 0.250. The molecule has 0 saturated carbocycles. The lowest BCUT2D eigenvalue weighted by Crippen LogP contribution is -2.15. The summed E-state index contributed by atoms with van der Waals surface area (Å²) < 4.78 is 0. The van der Waals surface area contributed by atoms with Gasteiger partial charge in [0.05, 0.1) is 11.3 Å². The fourth-order valence-electron chi connectivity index (χ4n) is 2.10. The van der Waals surface area contributed by atoms with Crippen molar-refractivity contribution in [1.82, 2.24) is 15.0 Å². The van der Waals surface area contributed by atoms with E-state index < -0.39 is 0 Å². The third-order valence-electron chi connectivity index (χ3n) is 3.45. The number of thioether (sulfide) groups is 1. The highest BCUT2D eigenvalue weighted by Crippen LogP contribution is 2.20. The molecule has 3 aromatic rings. The molecule has 0 aliphatic carbocycles. The summed E-state index contributed by atoms with van der Waals surface area (Å²) >= 11 is 1.36. The molecule has 0 spiro atoms. The number of aromatic amines is 1. The van der Waals surface area contributed by atoms with Crippen molar-refractivity contribution in [3.63, 3.8) is 0 Å². The third-order valence-corrected chi connectivity index (χ3v) is 4.33. The zero-order valence-electron chi connectivity index (χ0n) is 12.4. The number of hydrogen-bond acceptors (Lipinski definition) is 4. The van der Waals surface area contributed by atoms with Crippen LogP contribution in [-0.2, 0) is 4.79 Å². The molecule has 1 amide bonds. The molecule has 0 fully saturated rings.